The smallest absolute Gasteiger partial charge is 0.312 e. The van der Waals surface area contributed by atoms with Crippen LogP contribution in [-0.2, 0) is 30.5 Å². The summed E-state index contributed by atoms with van der Waals surface area (Å²) in [6.07, 6.45) is 0.494. The van der Waals surface area contributed by atoms with Crippen LogP contribution in [0.15, 0.2) is 24.3 Å². The number of hydrogen-bond donors (Lipinski definition) is 7. The lowest BCUT2D eigenvalue weighted by Crippen LogP contribution is -2.56. The van der Waals surface area contributed by atoms with Crippen molar-refractivity contribution in [2.24, 2.45) is 17.4 Å². The van der Waals surface area contributed by atoms with E-state index in [2.05, 4.69) is 26.0 Å². The van der Waals surface area contributed by atoms with Gasteiger partial charge in [-0.25, -0.2) is 4.79 Å². The first-order valence-electron chi connectivity index (χ1n) is 12.0. The van der Waals surface area contributed by atoms with Crippen molar-refractivity contribution in [3.63, 3.8) is 0 Å². The molecule has 13 heteroatoms. The summed E-state index contributed by atoms with van der Waals surface area (Å²) >= 11 is 0. The second kappa shape index (κ2) is 16.1. The topological polar surface area (TPSA) is 215 Å². The summed E-state index contributed by atoms with van der Waals surface area (Å²) in [5, 5.41) is 19.6. The molecule has 1 rings (SSSR count). The van der Waals surface area contributed by atoms with Crippen LogP contribution in [0.3, 0.4) is 0 Å². The number of carbonyl (C=O) groups is 5. The van der Waals surface area contributed by atoms with Crippen molar-refractivity contribution in [1.82, 2.24) is 16.0 Å². The van der Waals surface area contributed by atoms with Crippen molar-refractivity contribution >= 4 is 35.4 Å². The van der Waals surface area contributed by atoms with Gasteiger partial charge in [0.25, 0.3) is 0 Å². The van der Waals surface area contributed by atoms with Crippen molar-refractivity contribution in [3.05, 3.63) is 29.8 Å². The van der Waals surface area contributed by atoms with Gasteiger partial charge in [-0.3, -0.25) is 19.2 Å². The van der Waals surface area contributed by atoms with Crippen LogP contribution in [0.1, 0.15) is 45.1 Å². The summed E-state index contributed by atoms with van der Waals surface area (Å²) in [5.41, 5.74) is 12.1. The highest BCUT2D eigenvalue weighted by Crippen LogP contribution is 2.12. The first kappa shape index (κ1) is 31.3. The summed E-state index contributed by atoms with van der Waals surface area (Å²) in [7, 11) is 1.23. The number of aliphatic hydroxyl groups is 1. The van der Waals surface area contributed by atoms with E-state index in [9.17, 15) is 29.1 Å². The van der Waals surface area contributed by atoms with Gasteiger partial charge < -0.3 is 42.6 Å². The lowest BCUT2D eigenvalue weighted by Gasteiger charge is -2.26. The zero-order valence-electron chi connectivity index (χ0n) is 21.4. The molecule has 37 heavy (non-hydrogen) atoms. The number of nitrogens with one attached hydrogen (secondary N) is 4. The molecule has 0 aromatic heterocycles. The average molecular weight is 523 g/mol. The normalized spacial score (nSPS) is 13.1. The molecular formula is C24H38N6O7. The zero-order chi connectivity index (χ0) is 28.0. The van der Waals surface area contributed by atoms with E-state index >= 15 is 0 Å². The van der Waals surface area contributed by atoms with Crippen LogP contribution in [0.25, 0.3) is 0 Å². The standard InChI is InChI=1S/C24H38N6O7/c1-14(2)20(30-21(33)17(25)10-11-19(32)37-3)23(35)29-18(5-4-12-27-24(26)36)22(34)28-16-8-6-15(13-31)7-9-16/h6-9,14,17-18,20,31H,4-5,10-13,25H2,1-3H3,(H,28,34)(H,29,35)(H,30,33)(H3,26,27,36)/t17-,18-,20?/m0/s1. The molecule has 0 saturated carbocycles. The third-order valence-electron chi connectivity index (χ3n) is 5.48. The number of hydrogen-bond acceptors (Lipinski definition) is 8. The molecule has 206 valence electrons. The Labute approximate surface area is 216 Å². The molecule has 0 heterocycles. The summed E-state index contributed by atoms with van der Waals surface area (Å²) in [4.78, 5) is 60.9. The summed E-state index contributed by atoms with van der Waals surface area (Å²) in [6, 6.07) is 2.79. The molecule has 0 aliphatic rings. The molecule has 0 aliphatic heterocycles. The van der Waals surface area contributed by atoms with Crippen LogP contribution >= 0.6 is 0 Å². The highest BCUT2D eigenvalue weighted by molar-refractivity contribution is 5.98. The number of aliphatic hydroxyl groups excluding tert-OH is 1. The first-order valence-corrected chi connectivity index (χ1v) is 12.0. The zero-order valence-corrected chi connectivity index (χ0v) is 21.4. The molecule has 0 bridgehead atoms. The lowest BCUT2D eigenvalue weighted by molar-refractivity contribution is -0.141. The molecule has 0 saturated heterocycles. The molecule has 1 aromatic rings. The maximum absolute atomic E-state index is 13.1. The number of urea groups is 1. The van der Waals surface area contributed by atoms with Crippen molar-refractivity contribution in [2.45, 2.75) is 64.3 Å². The summed E-state index contributed by atoms with van der Waals surface area (Å²) in [6.45, 7) is 3.49. The maximum atomic E-state index is 13.1. The minimum atomic E-state index is -1.03. The van der Waals surface area contributed by atoms with Gasteiger partial charge in [-0.05, 0) is 42.9 Å². The molecular weight excluding hydrogens is 484 g/mol. The SMILES string of the molecule is COC(=O)CC[C@H](N)C(=O)NC(C(=O)N[C@@H](CCCNC(N)=O)C(=O)Nc1ccc(CO)cc1)C(C)C. The van der Waals surface area contributed by atoms with E-state index in [0.29, 0.717) is 17.7 Å². The molecule has 0 fully saturated rings. The molecule has 3 atom stereocenters. The summed E-state index contributed by atoms with van der Waals surface area (Å²) < 4.78 is 4.54. The highest BCUT2D eigenvalue weighted by Gasteiger charge is 2.30. The Bertz CT molecular complexity index is 923. The predicted octanol–water partition coefficient (Wildman–Crippen LogP) is -0.528. The fraction of sp³-hybridized carbons (Fsp3) is 0.542. The number of carbonyl (C=O) groups excluding carboxylic acids is 5. The monoisotopic (exact) mass is 522 g/mol. The van der Waals surface area contributed by atoms with Gasteiger partial charge in [0, 0.05) is 18.7 Å². The van der Waals surface area contributed by atoms with E-state index in [1.165, 1.54) is 7.11 Å². The van der Waals surface area contributed by atoms with E-state index in [1.807, 2.05) is 0 Å². The Hall–Kier alpha value is -3.71. The third-order valence-corrected chi connectivity index (χ3v) is 5.48. The second-order valence-electron chi connectivity index (χ2n) is 8.79. The average Bonchev–Trinajstić information content (AvgIpc) is 2.86. The number of ether oxygens (including phenoxy) is 1. The van der Waals surface area contributed by atoms with E-state index in [-0.39, 0.29) is 38.3 Å². The number of anilines is 1. The van der Waals surface area contributed by atoms with Crippen LogP contribution < -0.4 is 32.7 Å². The van der Waals surface area contributed by atoms with Crippen molar-refractivity contribution in [3.8, 4) is 0 Å². The second-order valence-corrected chi connectivity index (χ2v) is 8.79. The number of benzene rings is 1. The number of nitrogens with two attached hydrogens (primary N) is 2. The first-order chi connectivity index (χ1) is 17.5. The van der Waals surface area contributed by atoms with Gasteiger partial charge >= 0.3 is 12.0 Å². The Kier molecular flexibility index (Phi) is 13.6. The van der Waals surface area contributed by atoms with Crippen molar-refractivity contribution in [2.75, 3.05) is 19.0 Å². The Morgan fingerprint density at radius 3 is 2.16 bits per heavy atom. The van der Waals surface area contributed by atoms with E-state index < -0.39 is 47.8 Å². The number of amides is 5. The Balaban J connectivity index is 2.91. The predicted molar refractivity (Wildman–Crippen MR) is 136 cm³/mol. The van der Waals surface area contributed by atoms with Crippen LogP contribution in [0.2, 0.25) is 0 Å². The Morgan fingerprint density at radius 2 is 1.62 bits per heavy atom. The van der Waals surface area contributed by atoms with Crippen LogP contribution in [0.5, 0.6) is 0 Å². The quantitative estimate of drug-likeness (QED) is 0.117. The van der Waals surface area contributed by atoms with E-state index in [1.54, 1.807) is 38.1 Å². The number of esters is 1. The molecule has 1 aromatic carbocycles. The fourth-order valence-electron chi connectivity index (χ4n) is 3.27. The molecule has 0 aliphatic carbocycles. The molecule has 0 spiro atoms. The molecule has 0 radical (unpaired) electrons. The van der Waals surface area contributed by atoms with Gasteiger partial charge in [0.1, 0.15) is 12.1 Å². The largest absolute Gasteiger partial charge is 0.469 e. The van der Waals surface area contributed by atoms with Crippen LogP contribution in [-0.4, -0.2) is 66.6 Å². The number of primary amides is 1. The number of rotatable bonds is 15. The van der Waals surface area contributed by atoms with Crippen molar-refractivity contribution < 1.29 is 33.8 Å². The highest BCUT2D eigenvalue weighted by atomic mass is 16.5. The Morgan fingerprint density at radius 1 is 0.973 bits per heavy atom. The van der Waals surface area contributed by atoms with Crippen molar-refractivity contribution in [1.29, 1.82) is 0 Å². The van der Waals surface area contributed by atoms with Gasteiger partial charge in [-0.1, -0.05) is 26.0 Å². The molecule has 9 N–H and O–H groups in total. The van der Waals surface area contributed by atoms with Gasteiger partial charge in [-0.15, -0.1) is 0 Å². The lowest BCUT2D eigenvalue weighted by atomic mass is 10.0. The third kappa shape index (κ3) is 11.7. The van der Waals surface area contributed by atoms with Gasteiger partial charge in [-0.2, -0.15) is 0 Å². The minimum Gasteiger partial charge on any atom is -0.469 e. The maximum Gasteiger partial charge on any atom is 0.312 e. The van der Waals surface area contributed by atoms with Gasteiger partial charge in [0.15, 0.2) is 0 Å². The van der Waals surface area contributed by atoms with Crippen LogP contribution in [0, 0.1) is 5.92 Å². The van der Waals surface area contributed by atoms with E-state index in [0.717, 1.165) is 0 Å². The summed E-state index contributed by atoms with van der Waals surface area (Å²) in [5.74, 6) is -2.57. The van der Waals surface area contributed by atoms with Crippen LogP contribution in [0.4, 0.5) is 10.5 Å². The molecule has 1 unspecified atom stereocenters. The van der Waals surface area contributed by atoms with Gasteiger partial charge in [0.2, 0.25) is 17.7 Å². The molecule has 5 amide bonds. The minimum absolute atomic E-state index is 0.0396. The molecule has 13 nitrogen and oxygen atoms in total. The van der Waals surface area contributed by atoms with E-state index in [4.69, 9.17) is 11.5 Å². The number of methoxy groups -OCH3 is 1. The fourth-order valence-corrected chi connectivity index (χ4v) is 3.27. The van der Waals surface area contributed by atoms with Gasteiger partial charge in [0.05, 0.1) is 19.8 Å².